The van der Waals surface area contributed by atoms with Gasteiger partial charge in [-0.05, 0) is 55.3 Å². The van der Waals surface area contributed by atoms with Crippen LogP contribution in [0.25, 0.3) is 5.52 Å². The van der Waals surface area contributed by atoms with Gasteiger partial charge >= 0.3 is 6.03 Å². The number of sulfonamides is 1. The van der Waals surface area contributed by atoms with Gasteiger partial charge in [-0.15, -0.1) is 0 Å². The van der Waals surface area contributed by atoms with Gasteiger partial charge in [0, 0.05) is 24.6 Å². The second-order valence-electron chi connectivity index (χ2n) is 6.29. The second kappa shape index (κ2) is 7.67. The highest BCUT2D eigenvalue weighted by molar-refractivity contribution is 7.92. The first-order chi connectivity index (χ1) is 12.8. The van der Waals surface area contributed by atoms with Gasteiger partial charge in [0.1, 0.15) is 0 Å². The summed E-state index contributed by atoms with van der Waals surface area (Å²) in [4.78, 5) is 11.9. The third-order valence-electron chi connectivity index (χ3n) is 3.81. The average Bonchev–Trinajstić information content (AvgIpc) is 3.00. The number of pyridine rings is 1. The number of amides is 2. The summed E-state index contributed by atoms with van der Waals surface area (Å²) in [7, 11) is -3.59. The van der Waals surface area contributed by atoms with Crippen molar-refractivity contribution in [1.29, 1.82) is 0 Å². The molecule has 0 aliphatic carbocycles. The lowest BCUT2D eigenvalue weighted by atomic mass is 10.1. The SMILES string of the molecule is Cc1cc(C)cc(NC(=O)NCCS(=O)(=O)Nc2ccn3nccc3c2)c1. The van der Waals surface area contributed by atoms with Crippen LogP contribution in [0.1, 0.15) is 11.1 Å². The van der Waals surface area contributed by atoms with Gasteiger partial charge in [-0.2, -0.15) is 5.10 Å². The predicted molar refractivity (Wildman–Crippen MR) is 106 cm³/mol. The molecule has 0 atom stereocenters. The molecule has 0 aliphatic rings. The molecule has 0 saturated carbocycles. The number of carbonyl (C=O) groups is 1. The summed E-state index contributed by atoms with van der Waals surface area (Å²) in [6.07, 6.45) is 3.30. The maximum Gasteiger partial charge on any atom is 0.319 e. The first kappa shape index (κ1) is 18.7. The summed E-state index contributed by atoms with van der Waals surface area (Å²) in [5.41, 5.74) is 3.96. The molecule has 0 saturated heterocycles. The monoisotopic (exact) mass is 387 g/mol. The Morgan fingerprint density at radius 1 is 1.07 bits per heavy atom. The molecular formula is C18H21N5O3S. The first-order valence-electron chi connectivity index (χ1n) is 8.38. The first-order valence-corrected chi connectivity index (χ1v) is 10.0. The van der Waals surface area contributed by atoms with Crippen LogP contribution in [0.2, 0.25) is 0 Å². The lowest BCUT2D eigenvalue weighted by Gasteiger charge is -2.11. The van der Waals surface area contributed by atoms with Crippen LogP contribution in [0, 0.1) is 13.8 Å². The smallest absolute Gasteiger partial charge is 0.319 e. The number of nitrogens with one attached hydrogen (secondary N) is 3. The summed E-state index contributed by atoms with van der Waals surface area (Å²) >= 11 is 0. The fourth-order valence-corrected chi connectivity index (χ4v) is 3.70. The molecule has 27 heavy (non-hydrogen) atoms. The highest BCUT2D eigenvalue weighted by Gasteiger charge is 2.12. The molecule has 1 aromatic carbocycles. The molecule has 0 spiro atoms. The molecule has 0 aliphatic heterocycles. The van der Waals surface area contributed by atoms with E-state index in [-0.39, 0.29) is 12.3 Å². The summed E-state index contributed by atoms with van der Waals surface area (Å²) in [6.45, 7) is 3.87. The molecular weight excluding hydrogens is 366 g/mol. The number of aryl methyl sites for hydroxylation is 2. The van der Waals surface area contributed by atoms with Crippen LogP contribution >= 0.6 is 0 Å². The van der Waals surface area contributed by atoms with E-state index in [0.717, 1.165) is 16.6 Å². The zero-order chi connectivity index (χ0) is 19.4. The van der Waals surface area contributed by atoms with Crippen LogP contribution in [0.4, 0.5) is 16.2 Å². The van der Waals surface area contributed by atoms with Crippen molar-refractivity contribution in [2.45, 2.75) is 13.8 Å². The molecule has 2 aromatic heterocycles. The largest absolute Gasteiger partial charge is 0.337 e. The Kier molecular flexibility index (Phi) is 5.31. The molecule has 9 heteroatoms. The third-order valence-corrected chi connectivity index (χ3v) is 5.10. The van der Waals surface area contributed by atoms with E-state index >= 15 is 0 Å². The maximum atomic E-state index is 12.2. The van der Waals surface area contributed by atoms with E-state index in [4.69, 9.17) is 0 Å². The van der Waals surface area contributed by atoms with Crippen LogP contribution in [-0.4, -0.2) is 36.4 Å². The lowest BCUT2D eigenvalue weighted by molar-refractivity contribution is 0.252. The molecule has 0 radical (unpaired) electrons. The topological polar surface area (TPSA) is 105 Å². The van der Waals surface area contributed by atoms with Crippen LogP contribution in [0.3, 0.4) is 0 Å². The minimum absolute atomic E-state index is 0.0130. The van der Waals surface area contributed by atoms with Gasteiger partial charge in [0.05, 0.1) is 17.0 Å². The minimum Gasteiger partial charge on any atom is -0.337 e. The van der Waals surface area contributed by atoms with E-state index in [1.165, 1.54) is 0 Å². The Balaban J connectivity index is 1.51. The highest BCUT2D eigenvalue weighted by atomic mass is 32.2. The van der Waals surface area contributed by atoms with Crippen LogP contribution in [0.5, 0.6) is 0 Å². The van der Waals surface area contributed by atoms with Crippen molar-refractivity contribution in [1.82, 2.24) is 14.9 Å². The molecule has 142 valence electrons. The summed E-state index contributed by atoms with van der Waals surface area (Å²) in [6, 6.07) is 10.3. The van der Waals surface area contributed by atoms with E-state index in [1.54, 1.807) is 35.1 Å². The van der Waals surface area contributed by atoms with Gasteiger partial charge in [0.15, 0.2) is 0 Å². The van der Waals surface area contributed by atoms with Gasteiger partial charge in [-0.25, -0.2) is 17.7 Å². The van der Waals surface area contributed by atoms with E-state index in [2.05, 4.69) is 20.5 Å². The zero-order valence-electron chi connectivity index (χ0n) is 15.1. The molecule has 0 fully saturated rings. The quantitative estimate of drug-likeness (QED) is 0.604. The summed E-state index contributed by atoms with van der Waals surface area (Å²) in [5.74, 6) is -0.238. The normalized spacial score (nSPS) is 11.3. The minimum atomic E-state index is -3.59. The van der Waals surface area contributed by atoms with Gasteiger partial charge < -0.3 is 10.6 Å². The Morgan fingerprint density at radius 3 is 2.56 bits per heavy atom. The van der Waals surface area contributed by atoms with Crippen molar-refractivity contribution in [3.8, 4) is 0 Å². The van der Waals surface area contributed by atoms with Crippen LogP contribution in [0.15, 0.2) is 48.8 Å². The van der Waals surface area contributed by atoms with E-state index < -0.39 is 16.1 Å². The van der Waals surface area contributed by atoms with Gasteiger partial charge in [-0.1, -0.05) is 6.07 Å². The Labute approximate surface area is 157 Å². The third kappa shape index (κ3) is 5.20. The Morgan fingerprint density at radius 2 is 1.81 bits per heavy atom. The van der Waals surface area contributed by atoms with Crippen molar-refractivity contribution in [2.24, 2.45) is 0 Å². The number of anilines is 2. The number of nitrogens with zero attached hydrogens (tertiary/aromatic N) is 2. The number of aromatic nitrogens is 2. The van der Waals surface area contributed by atoms with Crippen LogP contribution in [-0.2, 0) is 10.0 Å². The van der Waals surface area contributed by atoms with Crippen LogP contribution < -0.4 is 15.4 Å². The van der Waals surface area contributed by atoms with Gasteiger partial charge in [0.2, 0.25) is 10.0 Å². The molecule has 0 unspecified atom stereocenters. The lowest BCUT2D eigenvalue weighted by Crippen LogP contribution is -2.34. The number of urea groups is 1. The van der Waals surface area contributed by atoms with Gasteiger partial charge in [-0.3, -0.25) is 4.72 Å². The van der Waals surface area contributed by atoms with E-state index in [9.17, 15) is 13.2 Å². The van der Waals surface area contributed by atoms with Gasteiger partial charge in [0.25, 0.3) is 0 Å². The zero-order valence-corrected chi connectivity index (χ0v) is 15.9. The molecule has 3 N–H and O–H groups in total. The number of fused-ring (bicyclic) bond motifs is 1. The molecule has 3 rings (SSSR count). The van der Waals surface area contributed by atoms with Crippen molar-refractivity contribution < 1.29 is 13.2 Å². The average molecular weight is 387 g/mol. The summed E-state index contributed by atoms with van der Waals surface area (Å²) < 4.78 is 28.5. The number of hydrogen-bond donors (Lipinski definition) is 3. The Bertz CT molecular complexity index is 1060. The number of carbonyl (C=O) groups excluding carboxylic acids is 1. The fourth-order valence-electron chi connectivity index (χ4n) is 2.74. The molecule has 2 heterocycles. The fraction of sp³-hybridized carbons (Fsp3) is 0.222. The maximum absolute atomic E-state index is 12.2. The number of rotatable bonds is 6. The van der Waals surface area contributed by atoms with E-state index in [1.807, 2.05) is 32.0 Å². The number of hydrogen-bond acceptors (Lipinski definition) is 4. The van der Waals surface area contributed by atoms with E-state index in [0.29, 0.717) is 11.4 Å². The molecule has 8 nitrogen and oxygen atoms in total. The van der Waals surface area contributed by atoms with Crippen molar-refractivity contribution in [2.75, 3.05) is 22.3 Å². The Hall–Kier alpha value is -3.07. The predicted octanol–water partition coefficient (Wildman–Crippen LogP) is 2.51. The molecule has 0 bridgehead atoms. The molecule has 2 amide bonds. The summed E-state index contributed by atoms with van der Waals surface area (Å²) in [5, 5.41) is 9.31. The highest BCUT2D eigenvalue weighted by Crippen LogP contribution is 2.14. The van der Waals surface area contributed by atoms with Crippen molar-refractivity contribution in [3.63, 3.8) is 0 Å². The van der Waals surface area contributed by atoms with Crippen molar-refractivity contribution >= 4 is 32.9 Å². The molecule has 3 aromatic rings. The van der Waals surface area contributed by atoms with Crippen molar-refractivity contribution in [3.05, 3.63) is 59.9 Å². The second-order valence-corrected chi connectivity index (χ2v) is 8.14. The number of benzene rings is 1. The standard InChI is InChI=1S/C18H21N5O3S/c1-13-9-14(2)11-16(10-13)21-18(24)19-6-8-27(25,26)22-15-4-7-23-17(12-15)3-5-20-23/h3-5,7,9-12,22H,6,8H2,1-2H3,(H2,19,21,24).